The van der Waals surface area contributed by atoms with Gasteiger partial charge >= 0.3 is 5.97 Å². The van der Waals surface area contributed by atoms with E-state index in [2.05, 4.69) is 5.32 Å². The minimum absolute atomic E-state index is 0.103. The minimum atomic E-state index is -0.840. The molecular formula is C22H36N2O11. The third-order valence-electron chi connectivity index (χ3n) is 6.65. The Balaban J connectivity index is 1.40. The molecule has 13 nitrogen and oxygen atoms in total. The van der Waals surface area contributed by atoms with Crippen LogP contribution in [0.3, 0.4) is 0 Å². The number of ether oxygens (including phenoxy) is 9. The van der Waals surface area contributed by atoms with E-state index < -0.39 is 85.2 Å². The number of amides is 1. The molecule has 4 aliphatic rings. The quantitative estimate of drug-likeness (QED) is 0.376. The maximum absolute atomic E-state index is 13.0. The highest BCUT2D eigenvalue weighted by atomic mass is 16.8. The Labute approximate surface area is 204 Å². The summed E-state index contributed by atoms with van der Waals surface area (Å²) in [5.74, 6) is -1.77. The van der Waals surface area contributed by atoms with Gasteiger partial charge in [0.05, 0.1) is 19.6 Å². The lowest BCUT2D eigenvalue weighted by Crippen LogP contribution is -2.53. The zero-order chi connectivity index (χ0) is 25.5. The molecule has 0 saturated carbocycles. The Kier molecular flexibility index (Phi) is 8.01. The Morgan fingerprint density at radius 1 is 0.914 bits per heavy atom. The van der Waals surface area contributed by atoms with Gasteiger partial charge in [-0.3, -0.25) is 9.59 Å². The highest BCUT2D eigenvalue weighted by Gasteiger charge is 2.57. The van der Waals surface area contributed by atoms with Crippen LogP contribution in [-0.2, 0) is 52.2 Å². The van der Waals surface area contributed by atoms with E-state index in [4.69, 9.17) is 48.4 Å². The van der Waals surface area contributed by atoms with Crippen molar-refractivity contribution in [3.63, 3.8) is 0 Å². The van der Waals surface area contributed by atoms with Crippen LogP contribution in [0.15, 0.2) is 0 Å². The number of esters is 1. The van der Waals surface area contributed by atoms with Crippen LogP contribution in [0.1, 0.15) is 33.6 Å². The second-order valence-corrected chi connectivity index (χ2v) is 9.57. The summed E-state index contributed by atoms with van der Waals surface area (Å²) in [4.78, 5) is 25.2. The molecule has 11 atom stereocenters. The summed E-state index contributed by atoms with van der Waals surface area (Å²) in [5.41, 5.74) is 6.33. The number of carbonyl (C=O) groups is 2. The van der Waals surface area contributed by atoms with Crippen LogP contribution >= 0.6 is 0 Å². The van der Waals surface area contributed by atoms with Crippen LogP contribution in [0, 0.1) is 0 Å². The lowest BCUT2D eigenvalue weighted by Gasteiger charge is -2.31. The molecule has 0 radical (unpaired) electrons. The number of rotatable bonds is 9. The van der Waals surface area contributed by atoms with Gasteiger partial charge in [-0.25, -0.2) is 0 Å². The van der Waals surface area contributed by atoms with Crippen molar-refractivity contribution in [2.45, 2.75) is 107 Å². The van der Waals surface area contributed by atoms with Gasteiger partial charge in [0.25, 0.3) is 0 Å². The number of hydrogen-bond donors (Lipinski definition) is 2. The molecule has 35 heavy (non-hydrogen) atoms. The van der Waals surface area contributed by atoms with Gasteiger partial charge in [0, 0.05) is 26.7 Å². The number of hydrogen-bond acceptors (Lipinski definition) is 12. The normalized spacial score (nSPS) is 41.3. The second-order valence-electron chi connectivity index (χ2n) is 9.57. The summed E-state index contributed by atoms with van der Waals surface area (Å²) in [7, 11) is 4.31. The van der Waals surface area contributed by atoms with Crippen molar-refractivity contribution in [2.24, 2.45) is 5.73 Å². The molecule has 4 saturated heterocycles. The fourth-order valence-corrected chi connectivity index (χ4v) is 5.16. The van der Waals surface area contributed by atoms with Crippen molar-refractivity contribution >= 4 is 11.9 Å². The van der Waals surface area contributed by atoms with Crippen molar-refractivity contribution in [3.05, 3.63) is 0 Å². The van der Waals surface area contributed by atoms with Crippen LogP contribution in [0.4, 0.5) is 0 Å². The van der Waals surface area contributed by atoms with Crippen molar-refractivity contribution in [1.29, 1.82) is 0 Å². The molecule has 0 aromatic rings. The zero-order valence-corrected chi connectivity index (χ0v) is 20.8. The molecule has 4 heterocycles. The van der Waals surface area contributed by atoms with Crippen LogP contribution < -0.4 is 11.1 Å². The summed E-state index contributed by atoms with van der Waals surface area (Å²) in [5, 5.41) is 2.85. The van der Waals surface area contributed by atoms with E-state index in [0.29, 0.717) is 0 Å². The molecule has 4 aliphatic heterocycles. The van der Waals surface area contributed by atoms with Crippen molar-refractivity contribution < 1.29 is 52.2 Å². The molecule has 200 valence electrons. The molecule has 4 rings (SSSR count). The van der Waals surface area contributed by atoms with E-state index in [9.17, 15) is 9.59 Å². The number of nitrogens with two attached hydrogens (primary N) is 1. The van der Waals surface area contributed by atoms with Gasteiger partial charge in [-0.2, -0.15) is 0 Å². The molecule has 0 bridgehead atoms. The van der Waals surface area contributed by atoms with Crippen molar-refractivity contribution in [3.8, 4) is 0 Å². The van der Waals surface area contributed by atoms with Crippen LogP contribution in [0.5, 0.6) is 0 Å². The number of methoxy groups -OCH3 is 3. The SMILES string of the molecule is COC(=O)CC(NC(=O)CC(N)[C@@H]1O[C@@H]2OC(C)O[C@@H]2[C@H]1OC)[C@H]1O[C@@H]2OC(C)(C)O[C@@H]2[C@H]1OC. The van der Waals surface area contributed by atoms with E-state index in [1.807, 2.05) is 0 Å². The van der Waals surface area contributed by atoms with E-state index in [1.54, 1.807) is 20.8 Å². The zero-order valence-electron chi connectivity index (χ0n) is 20.8. The Hall–Kier alpha value is -1.42. The number of fused-ring (bicyclic) bond motifs is 2. The van der Waals surface area contributed by atoms with Gasteiger partial charge in [-0.05, 0) is 20.8 Å². The van der Waals surface area contributed by atoms with E-state index in [0.717, 1.165) is 0 Å². The summed E-state index contributed by atoms with van der Waals surface area (Å²) >= 11 is 0. The van der Waals surface area contributed by atoms with Gasteiger partial charge in [-0.1, -0.05) is 0 Å². The van der Waals surface area contributed by atoms with Crippen molar-refractivity contribution in [2.75, 3.05) is 21.3 Å². The van der Waals surface area contributed by atoms with E-state index >= 15 is 0 Å². The lowest BCUT2D eigenvalue weighted by atomic mass is 9.98. The first-order chi connectivity index (χ1) is 16.6. The first-order valence-corrected chi connectivity index (χ1v) is 11.7. The summed E-state index contributed by atoms with van der Waals surface area (Å²) in [6, 6.07) is -1.50. The fraction of sp³-hybridized carbons (Fsp3) is 0.909. The molecule has 4 fully saturated rings. The Morgan fingerprint density at radius 3 is 2.23 bits per heavy atom. The van der Waals surface area contributed by atoms with E-state index in [1.165, 1.54) is 21.3 Å². The lowest BCUT2D eigenvalue weighted by molar-refractivity contribution is -0.220. The first-order valence-electron chi connectivity index (χ1n) is 11.7. The summed E-state index contributed by atoms with van der Waals surface area (Å²) < 4.78 is 50.9. The fourth-order valence-electron chi connectivity index (χ4n) is 5.16. The van der Waals surface area contributed by atoms with Crippen LogP contribution in [-0.4, -0.2) is 107 Å². The third-order valence-corrected chi connectivity index (χ3v) is 6.65. The predicted octanol–water partition coefficient (Wildman–Crippen LogP) is -0.856. The van der Waals surface area contributed by atoms with Gasteiger partial charge < -0.3 is 53.7 Å². The first kappa shape index (κ1) is 26.6. The van der Waals surface area contributed by atoms with Gasteiger partial charge in [0.1, 0.15) is 36.6 Å². The summed E-state index contributed by atoms with van der Waals surface area (Å²) in [6.07, 6.45) is -5.34. The monoisotopic (exact) mass is 504 g/mol. The molecule has 0 aliphatic carbocycles. The van der Waals surface area contributed by atoms with Crippen molar-refractivity contribution in [1.82, 2.24) is 5.32 Å². The summed E-state index contributed by atoms with van der Waals surface area (Å²) in [6.45, 7) is 5.31. The molecule has 0 aromatic heterocycles. The number of carbonyl (C=O) groups excluding carboxylic acids is 2. The molecule has 3 N–H and O–H groups in total. The molecule has 0 spiro atoms. The topological polar surface area (TPSA) is 155 Å². The molecule has 13 heteroatoms. The van der Waals surface area contributed by atoms with Crippen LogP contribution in [0.25, 0.3) is 0 Å². The average Bonchev–Trinajstić information content (AvgIpc) is 3.48. The average molecular weight is 505 g/mol. The van der Waals surface area contributed by atoms with E-state index in [-0.39, 0.29) is 12.8 Å². The second kappa shape index (κ2) is 10.5. The molecule has 3 unspecified atom stereocenters. The number of nitrogens with one attached hydrogen (secondary N) is 1. The predicted molar refractivity (Wildman–Crippen MR) is 116 cm³/mol. The molecule has 0 aromatic carbocycles. The Bertz CT molecular complexity index is 783. The highest BCUT2D eigenvalue weighted by molar-refractivity contribution is 5.78. The Morgan fingerprint density at radius 2 is 1.57 bits per heavy atom. The highest BCUT2D eigenvalue weighted by Crippen LogP contribution is 2.40. The van der Waals surface area contributed by atoms with Gasteiger partial charge in [0.15, 0.2) is 24.7 Å². The standard InChI is InChI=1S/C22H36N2O11/c1-9-30-18-16(28-5)14(32-20(18)31-9)10(23)7-12(25)24-11(8-13(26)27-4)15-17(29-6)19-21(33-15)35-22(2,3)34-19/h9-11,14-21H,7-8,23H2,1-6H3,(H,24,25)/t9?,10?,11?,14-,15+,16-,17-,18+,19+,20-,21+/m0/s1. The molecular weight excluding hydrogens is 468 g/mol. The van der Waals surface area contributed by atoms with Gasteiger partial charge in [0.2, 0.25) is 5.91 Å². The van der Waals surface area contributed by atoms with Crippen LogP contribution in [0.2, 0.25) is 0 Å². The maximum Gasteiger partial charge on any atom is 0.307 e. The third kappa shape index (κ3) is 5.48. The minimum Gasteiger partial charge on any atom is -0.469 e. The maximum atomic E-state index is 13.0. The molecule has 1 amide bonds. The largest absolute Gasteiger partial charge is 0.469 e. The smallest absolute Gasteiger partial charge is 0.307 e. The van der Waals surface area contributed by atoms with Gasteiger partial charge in [-0.15, -0.1) is 0 Å².